The average Bonchev–Trinajstić information content (AvgIpc) is 2.26. The van der Waals surface area contributed by atoms with Crippen molar-refractivity contribution in [3.05, 3.63) is 29.1 Å². The standard InChI is InChI=1S/C11H10FN3O2S/c1-6-3-7(12)9(10(16)17)8(4-6)15-11(18-2)14-5-13/h3-4H,1-2H3,(H,14,15)(H,16,17). The first kappa shape index (κ1) is 14.0. The van der Waals surface area contributed by atoms with Crippen LogP contribution in [0.2, 0.25) is 0 Å². The number of hydrogen-bond acceptors (Lipinski definition) is 4. The molecular formula is C11H10FN3O2S. The molecule has 0 heterocycles. The summed E-state index contributed by atoms with van der Waals surface area (Å²) in [7, 11) is 0. The predicted octanol–water partition coefficient (Wildman–Crippen LogP) is 2.25. The van der Waals surface area contributed by atoms with Crippen molar-refractivity contribution in [2.45, 2.75) is 6.92 Å². The van der Waals surface area contributed by atoms with E-state index in [0.29, 0.717) is 5.56 Å². The molecule has 1 aromatic carbocycles. The molecule has 0 radical (unpaired) electrons. The Morgan fingerprint density at radius 1 is 1.61 bits per heavy atom. The van der Waals surface area contributed by atoms with E-state index in [4.69, 9.17) is 10.4 Å². The molecule has 0 fully saturated rings. The van der Waals surface area contributed by atoms with E-state index in [1.807, 2.05) is 0 Å². The molecule has 0 bridgehead atoms. The van der Waals surface area contributed by atoms with Crippen LogP contribution in [0.25, 0.3) is 0 Å². The van der Waals surface area contributed by atoms with Gasteiger partial charge < -0.3 is 5.11 Å². The molecule has 0 unspecified atom stereocenters. The smallest absolute Gasteiger partial charge is 0.340 e. The summed E-state index contributed by atoms with van der Waals surface area (Å²) in [5, 5.41) is 19.9. The number of rotatable bonds is 2. The van der Waals surface area contributed by atoms with Crippen LogP contribution < -0.4 is 5.32 Å². The van der Waals surface area contributed by atoms with Gasteiger partial charge in [0.25, 0.3) is 0 Å². The first-order chi connectivity index (χ1) is 8.49. The van der Waals surface area contributed by atoms with Crippen LogP contribution in [-0.2, 0) is 0 Å². The van der Waals surface area contributed by atoms with E-state index >= 15 is 0 Å². The van der Waals surface area contributed by atoms with E-state index in [2.05, 4.69) is 10.3 Å². The van der Waals surface area contributed by atoms with Crippen molar-refractivity contribution in [3.63, 3.8) is 0 Å². The van der Waals surface area contributed by atoms with Gasteiger partial charge in [0.1, 0.15) is 11.4 Å². The van der Waals surface area contributed by atoms with Crippen molar-refractivity contribution >= 4 is 28.6 Å². The number of aliphatic imine (C=N–C) groups is 1. The summed E-state index contributed by atoms with van der Waals surface area (Å²) in [5.41, 5.74) is 0.0210. The number of carbonyl (C=O) groups is 1. The van der Waals surface area contributed by atoms with Gasteiger partial charge in [-0.1, -0.05) is 11.8 Å². The number of carboxylic acid groups (broad SMARTS) is 1. The third-order valence-corrected chi connectivity index (χ3v) is 2.59. The second-order valence-electron chi connectivity index (χ2n) is 3.30. The number of benzene rings is 1. The van der Waals surface area contributed by atoms with Gasteiger partial charge in [0.2, 0.25) is 0 Å². The molecule has 0 aliphatic heterocycles. The largest absolute Gasteiger partial charge is 0.478 e. The summed E-state index contributed by atoms with van der Waals surface area (Å²) in [6, 6.07) is 2.57. The number of thioether (sulfide) groups is 1. The molecule has 0 amide bonds. The minimum absolute atomic E-state index is 0.0212. The highest BCUT2D eigenvalue weighted by Crippen LogP contribution is 2.25. The molecular weight excluding hydrogens is 257 g/mol. The number of nitriles is 1. The van der Waals surface area contributed by atoms with Crippen LogP contribution in [0.3, 0.4) is 0 Å². The maximum atomic E-state index is 13.6. The Balaban J connectivity index is 3.39. The molecule has 5 nitrogen and oxygen atoms in total. The van der Waals surface area contributed by atoms with Crippen LogP contribution in [0.15, 0.2) is 17.1 Å². The molecule has 94 valence electrons. The lowest BCUT2D eigenvalue weighted by molar-refractivity contribution is 0.0693. The monoisotopic (exact) mass is 267 g/mol. The summed E-state index contributed by atoms with van der Waals surface area (Å²) in [6.07, 6.45) is 3.34. The summed E-state index contributed by atoms with van der Waals surface area (Å²) >= 11 is 1.12. The molecule has 2 N–H and O–H groups in total. The predicted molar refractivity (Wildman–Crippen MR) is 67.5 cm³/mol. The molecule has 0 saturated carbocycles. The normalized spacial score (nSPS) is 10.9. The Labute approximate surface area is 107 Å². The molecule has 7 heteroatoms. The Morgan fingerprint density at radius 3 is 2.78 bits per heavy atom. The van der Waals surface area contributed by atoms with E-state index < -0.39 is 17.3 Å². The topological polar surface area (TPSA) is 85.5 Å². The molecule has 0 aliphatic rings. The fourth-order valence-corrected chi connectivity index (χ4v) is 1.64. The minimum Gasteiger partial charge on any atom is -0.478 e. The molecule has 18 heavy (non-hydrogen) atoms. The zero-order chi connectivity index (χ0) is 13.7. The number of amidine groups is 1. The van der Waals surface area contributed by atoms with Gasteiger partial charge in [-0.25, -0.2) is 14.2 Å². The van der Waals surface area contributed by atoms with E-state index in [-0.39, 0.29) is 10.9 Å². The lowest BCUT2D eigenvalue weighted by Gasteiger charge is -2.06. The summed E-state index contributed by atoms with van der Waals surface area (Å²) in [4.78, 5) is 14.9. The number of nitrogens with zero attached hydrogens (tertiary/aromatic N) is 2. The van der Waals surface area contributed by atoms with Gasteiger partial charge in [0.15, 0.2) is 11.4 Å². The van der Waals surface area contributed by atoms with Gasteiger partial charge in [-0.15, -0.1) is 0 Å². The Kier molecular flexibility index (Phi) is 4.68. The third-order valence-electron chi connectivity index (χ3n) is 2.01. The summed E-state index contributed by atoms with van der Waals surface area (Å²) in [6.45, 7) is 1.63. The van der Waals surface area contributed by atoms with E-state index in [1.165, 1.54) is 6.07 Å². The first-order valence-electron chi connectivity index (χ1n) is 4.80. The fraction of sp³-hybridized carbons (Fsp3) is 0.182. The lowest BCUT2D eigenvalue weighted by Crippen LogP contribution is -2.13. The SMILES string of the molecule is CSC(=Nc1cc(C)cc(F)c1C(=O)O)NC#N. The maximum absolute atomic E-state index is 13.6. The van der Waals surface area contributed by atoms with Crippen molar-refractivity contribution in [2.75, 3.05) is 6.26 Å². The van der Waals surface area contributed by atoms with Gasteiger partial charge in [-0.3, -0.25) is 5.32 Å². The quantitative estimate of drug-likeness (QED) is 0.371. The Bertz CT molecular complexity index is 552. The number of halogens is 1. The summed E-state index contributed by atoms with van der Waals surface area (Å²) < 4.78 is 13.6. The molecule has 0 spiro atoms. The molecule has 1 rings (SSSR count). The molecule has 0 saturated heterocycles. The average molecular weight is 267 g/mol. The molecule has 0 atom stereocenters. The number of hydrogen-bond donors (Lipinski definition) is 2. The Hall–Kier alpha value is -2.07. The van der Waals surface area contributed by atoms with Crippen LogP contribution in [0.1, 0.15) is 15.9 Å². The van der Waals surface area contributed by atoms with Gasteiger partial charge >= 0.3 is 5.97 Å². The van der Waals surface area contributed by atoms with Crippen molar-refractivity contribution in [3.8, 4) is 6.19 Å². The van der Waals surface area contributed by atoms with Crippen molar-refractivity contribution in [1.29, 1.82) is 5.26 Å². The minimum atomic E-state index is -1.40. The fourth-order valence-electron chi connectivity index (χ4n) is 1.31. The Morgan fingerprint density at radius 2 is 2.28 bits per heavy atom. The van der Waals surface area contributed by atoms with Gasteiger partial charge in [-0.2, -0.15) is 5.26 Å². The van der Waals surface area contributed by atoms with E-state index in [9.17, 15) is 9.18 Å². The maximum Gasteiger partial charge on any atom is 0.340 e. The molecule has 0 aromatic heterocycles. The van der Waals surface area contributed by atoms with Crippen LogP contribution in [0.5, 0.6) is 0 Å². The highest BCUT2D eigenvalue weighted by atomic mass is 32.2. The van der Waals surface area contributed by atoms with Crippen LogP contribution in [0.4, 0.5) is 10.1 Å². The van der Waals surface area contributed by atoms with Crippen LogP contribution in [-0.4, -0.2) is 22.5 Å². The van der Waals surface area contributed by atoms with Crippen LogP contribution >= 0.6 is 11.8 Å². The molecule has 0 aliphatic carbocycles. The van der Waals surface area contributed by atoms with Gasteiger partial charge in [0.05, 0.1) is 5.69 Å². The summed E-state index contributed by atoms with van der Waals surface area (Å²) in [5.74, 6) is -2.25. The first-order valence-corrected chi connectivity index (χ1v) is 6.03. The lowest BCUT2D eigenvalue weighted by atomic mass is 10.1. The second kappa shape index (κ2) is 6.02. The highest BCUT2D eigenvalue weighted by molar-refractivity contribution is 8.13. The van der Waals surface area contributed by atoms with Gasteiger partial charge in [-0.05, 0) is 30.9 Å². The number of aromatic carboxylic acids is 1. The van der Waals surface area contributed by atoms with Crippen molar-refractivity contribution in [2.24, 2.45) is 4.99 Å². The van der Waals surface area contributed by atoms with E-state index in [0.717, 1.165) is 17.8 Å². The number of nitrogens with one attached hydrogen (secondary N) is 1. The number of aryl methyl sites for hydroxylation is 1. The van der Waals surface area contributed by atoms with Gasteiger partial charge in [0, 0.05) is 0 Å². The van der Waals surface area contributed by atoms with Crippen LogP contribution in [0, 0.1) is 24.2 Å². The third kappa shape index (κ3) is 3.21. The second-order valence-corrected chi connectivity index (χ2v) is 4.10. The van der Waals surface area contributed by atoms with E-state index in [1.54, 1.807) is 19.4 Å². The van der Waals surface area contributed by atoms with Crippen molar-refractivity contribution in [1.82, 2.24) is 5.32 Å². The zero-order valence-corrected chi connectivity index (χ0v) is 10.5. The molecule has 1 aromatic rings. The zero-order valence-electron chi connectivity index (χ0n) is 9.69. The van der Waals surface area contributed by atoms with Crippen molar-refractivity contribution < 1.29 is 14.3 Å². The highest BCUT2D eigenvalue weighted by Gasteiger charge is 2.17. The number of carboxylic acids is 1.